The van der Waals surface area contributed by atoms with Crippen LogP contribution in [0.1, 0.15) is 12.0 Å². The number of para-hydroxylation sites is 1. The molecule has 21 heavy (non-hydrogen) atoms. The maximum atomic E-state index is 11.9. The molecule has 2 aromatic rings. The molecule has 3 rings (SSSR count). The van der Waals surface area contributed by atoms with Gasteiger partial charge >= 0.3 is 5.97 Å². The molecule has 1 N–H and O–H groups in total. The third-order valence-electron chi connectivity index (χ3n) is 3.58. The predicted molar refractivity (Wildman–Crippen MR) is 72.5 cm³/mol. The fourth-order valence-electron chi connectivity index (χ4n) is 2.50. The maximum absolute atomic E-state index is 11.9. The first-order chi connectivity index (χ1) is 10.1. The van der Waals surface area contributed by atoms with E-state index in [4.69, 9.17) is 5.11 Å². The number of carbonyl (C=O) groups excluding carboxylic acids is 1. The Morgan fingerprint density at radius 1 is 1.38 bits per heavy atom. The SMILES string of the molecule is O=C(O)C1CC(=O)N(Cc2ccccc2-n2cncn2)C1. The molecule has 0 radical (unpaired) electrons. The highest BCUT2D eigenvalue weighted by molar-refractivity contribution is 5.86. The number of amides is 1. The van der Waals surface area contributed by atoms with Crippen LogP contribution in [-0.2, 0) is 16.1 Å². The maximum Gasteiger partial charge on any atom is 0.308 e. The molecule has 7 heteroatoms. The van der Waals surface area contributed by atoms with Crippen molar-refractivity contribution in [3.63, 3.8) is 0 Å². The highest BCUT2D eigenvalue weighted by Gasteiger charge is 2.34. The summed E-state index contributed by atoms with van der Waals surface area (Å²) in [6.45, 7) is 0.624. The molecule has 1 atom stereocenters. The van der Waals surface area contributed by atoms with Crippen molar-refractivity contribution in [3.05, 3.63) is 42.5 Å². The minimum Gasteiger partial charge on any atom is -0.481 e. The summed E-state index contributed by atoms with van der Waals surface area (Å²) in [6, 6.07) is 7.55. The second-order valence-electron chi connectivity index (χ2n) is 4.98. The Kier molecular flexibility index (Phi) is 3.39. The highest BCUT2D eigenvalue weighted by Crippen LogP contribution is 2.22. The second-order valence-corrected chi connectivity index (χ2v) is 4.98. The fourth-order valence-corrected chi connectivity index (χ4v) is 2.50. The molecule has 1 aliphatic heterocycles. The van der Waals surface area contributed by atoms with Crippen molar-refractivity contribution in [2.75, 3.05) is 6.54 Å². The van der Waals surface area contributed by atoms with Crippen molar-refractivity contribution in [3.8, 4) is 5.69 Å². The average molecular weight is 286 g/mol. The Bertz CT molecular complexity index is 669. The summed E-state index contributed by atoms with van der Waals surface area (Å²) < 4.78 is 1.63. The summed E-state index contributed by atoms with van der Waals surface area (Å²) in [5.74, 6) is -1.66. The standard InChI is InChI=1S/C14H14N4O3/c19-13-5-11(14(20)21)7-17(13)6-10-3-1-2-4-12(10)18-9-15-8-16-18/h1-4,8-9,11H,5-7H2,(H,20,21). The Morgan fingerprint density at radius 3 is 2.86 bits per heavy atom. The van der Waals surface area contributed by atoms with Gasteiger partial charge in [0.25, 0.3) is 0 Å². The van der Waals surface area contributed by atoms with Gasteiger partial charge in [-0.2, -0.15) is 5.10 Å². The van der Waals surface area contributed by atoms with Crippen LogP contribution in [0.15, 0.2) is 36.9 Å². The molecule has 1 aliphatic rings. The Labute approximate surface area is 120 Å². The van der Waals surface area contributed by atoms with Crippen molar-refractivity contribution < 1.29 is 14.7 Å². The number of aliphatic carboxylic acids is 1. The predicted octanol–water partition coefficient (Wildman–Crippen LogP) is 0.700. The van der Waals surface area contributed by atoms with Gasteiger partial charge in [-0.05, 0) is 11.6 Å². The van der Waals surface area contributed by atoms with Gasteiger partial charge in [0.1, 0.15) is 12.7 Å². The Hall–Kier alpha value is -2.70. The monoisotopic (exact) mass is 286 g/mol. The number of likely N-dealkylation sites (tertiary alicyclic amines) is 1. The fraction of sp³-hybridized carbons (Fsp3) is 0.286. The number of hydrogen-bond acceptors (Lipinski definition) is 4. The lowest BCUT2D eigenvalue weighted by Crippen LogP contribution is -2.26. The third kappa shape index (κ3) is 2.62. The van der Waals surface area contributed by atoms with Crippen LogP contribution >= 0.6 is 0 Å². The van der Waals surface area contributed by atoms with Gasteiger partial charge in [0.15, 0.2) is 0 Å². The zero-order valence-corrected chi connectivity index (χ0v) is 11.2. The van der Waals surface area contributed by atoms with Crippen LogP contribution in [0, 0.1) is 5.92 Å². The van der Waals surface area contributed by atoms with Crippen LogP contribution in [-0.4, -0.2) is 43.2 Å². The number of hydrogen-bond donors (Lipinski definition) is 1. The molecule has 108 valence electrons. The second kappa shape index (κ2) is 5.35. The van der Waals surface area contributed by atoms with E-state index in [1.807, 2.05) is 24.3 Å². The molecule has 0 saturated carbocycles. The summed E-state index contributed by atoms with van der Waals surface area (Å²) >= 11 is 0. The number of carboxylic acid groups (broad SMARTS) is 1. The van der Waals surface area contributed by atoms with Crippen molar-refractivity contribution in [2.24, 2.45) is 5.92 Å². The van der Waals surface area contributed by atoms with Gasteiger partial charge in [0.2, 0.25) is 5.91 Å². The molecule has 1 unspecified atom stereocenters. The van der Waals surface area contributed by atoms with Gasteiger partial charge in [-0.3, -0.25) is 9.59 Å². The van der Waals surface area contributed by atoms with E-state index in [-0.39, 0.29) is 18.9 Å². The van der Waals surface area contributed by atoms with Gasteiger partial charge in [-0.1, -0.05) is 18.2 Å². The molecule has 2 heterocycles. The largest absolute Gasteiger partial charge is 0.481 e. The van der Waals surface area contributed by atoms with E-state index >= 15 is 0 Å². The first kappa shape index (κ1) is 13.3. The van der Waals surface area contributed by atoms with Gasteiger partial charge < -0.3 is 10.0 Å². The first-order valence-electron chi connectivity index (χ1n) is 6.58. The molecule has 0 aliphatic carbocycles. The quantitative estimate of drug-likeness (QED) is 0.893. The molecule has 1 aromatic heterocycles. The summed E-state index contributed by atoms with van der Waals surface area (Å²) in [4.78, 5) is 28.4. The molecule has 1 amide bonds. The summed E-state index contributed by atoms with van der Waals surface area (Å²) in [5.41, 5.74) is 1.74. The molecule has 1 saturated heterocycles. The topological polar surface area (TPSA) is 88.3 Å². The zero-order valence-electron chi connectivity index (χ0n) is 11.2. The van der Waals surface area contributed by atoms with E-state index in [0.717, 1.165) is 11.3 Å². The normalized spacial score (nSPS) is 18.2. The van der Waals surface area contributed by atoms with Gasteiger partial charge in [-0.15, -0.1) is 0 Å². The van der Waals surface area contributed by atoms with E-state index in [9.17, 15) is 9.59 Å². The number of nitrogens with zero attached hydrogens (tertiary/aromatic N) is 4. The minimum atomic E-state index is -0.921. The summed E-state index contributed by atoms with van der Waals surface area (Å²) in [5, 5.41) is 13.1. The lowest BCUT2D eigenvalue weighted by atomic mass is 10.1. The molecule has 0 spiro atoms. The number of carboxylic acids is 1. The van der Waals surface area contributed by atoms with Crippen LogP contribution in [0.5, 0.6) is 0 Å². The Balaban J connectivity index is 1.83. The Morgan fingerprint density at radius 2 is 2.19 bits per heavy atom. The van der Waals surface area contributed by atoms with E-state index in [1.54, 1.807) is 15.9 Å². The van der Waals surface area contributed by atoms with Crippen molar-refractivity contribution in [1.29, 1.82) is 0 Å². The molecular weight excluding hydrogens is 272 g/mol. The first-order valence-corrected chi connectivity index (χ1v) is 6.58. The molecule has 1 fully saturated rings. The average Bonchev–Trinajstić information content (AvgIpc) is 3.10. The van der Waals surface area contributed by atoms with Gasteiger partial charge in [-0.25, -0.2) is 9.67 Å². The number of aromatic nitrogens is 3. The van der Waals surface area contributed by atoms with E-state index in [2.05, 4.69) is 10.1 Å². The van der Waals surface area contributed by atoms with Crippen molar-refractivity contribution in [1.82, 2.24) is 19.7 Å². The van der Waals surface area contributed by atoms with Crippen molar-refractivity contribution >= 4 is 11.9 Å². The van der Waals surface area contributed by atoms with Gasteiger partial charge in [0, 0.05) is 19.5 Å². The van der Waals surface area contributed by atoms with Crippen LogP contribution in [0.3, 0.4) is 0 Å². The molecule has 0 bridgehead atoms. The third-order valence-corrected chi connectivity index (χ3v) is 3.58. The summed E-state index contributed by atoms with van der Waals surface area (Å²) in [6.07, 6.45) is 3.10. The molecule has 1 aromatic carbocycles. The van der Waals surface area contributed by atoms with Crippen LogP contribution in [0.25, 0.3) is 5.69 Å². The highest BCUT2D eigenvalue weighted by atomic mass is 16.4. The van der Waals surface area contributed by atoms with Gasteiger partial charge in [0.05, 0.1) is 11.6 Å². The zero-order chi connectivity index (χ0) is 14.8. The number of rotatable bonds is 4. The summed E-state index contributed by atoms with van der Waals surface area (Å²) in [7, 11) is 0. The molecular formula is C14H14N4O3. The van der Waals surface area contributed by atoms with E-state index in [1.165, 1.54) is 6.33 Å². The van der Waals surface area contributed by atoms with Crippen molar-refractivity contribution in [2.45, 2.75) is 13.0 Å². The smallest absolute Gasteiger partial charge is 0.308 e. The van der Waals surface area contributed by atoms with E-state index < -0.39 is 11.9 Å². The number of benzene rings is 1. The van der Waals surface area contributed by atoms with E-state index in [0.29, 0.717) is 6.54 Å². The lowest BCUT2D eigenvalue weighted by molar-refractivity contribution is -0.141. The lowest BCUT2D eigenvalue weighted by Gasteiger charge is -2.18. The number of carbonyl (C=O) groups is 2. The van der Waals surface area contributed by atoms with Crippen LogP contribution in [0.4, 0.5) is 0 Å². The van der Waals surface area contributed by atoms with Crippen LogP contribution in [0.2, 0.25) is 0 Å². The minimum absolute atomic E-state index is 0.0703. The molecule has 7 nitrogen and oxygen atoms in total. The van der Waals surface area contributed by atoms with Crippen LogP contribution < -0.4 is 0 Å².